The van der Waals surface area contributed by atoms with E-state index in [0.29, 0.717) is 6.54 Å². The molecular weight excluding hydrogens is 376 g/mol. The summed E-state index contributed by atoms with van der Waals surface area (Å²) in [6.45, 7) is 4.18. The van der Waals surface area contributed by atoms with Crippen LogP contribution in [0.3, 0.4) is 0 Å². The second kappa shape index (κ2) is 9.07. The number of piperazine rings is 1. The van der Waals surface area contributed by atoms with E-state index in [0.717, 1.165) is 42.3 Å². The van der Waals surface area contributed by atoms with E-state index in [1.165, 1.54) is 17.8 Å². The Balaban J connectivity index is 1.76. The van der Waals surface area contributed by atoms with Gasteiger partial charge >= 0.3 is 0 Å². The first kappa shape index (κ1) is 20.2. The molecule has 148 valence electrons. The van der Waals surface area contributed by atoms with Crippen LogP contribution in [0.25, 0.3) is 0 Å². The number of carbonyl (C=O) groups excluding carboxylic acids is 1. The number of rotatable bonds is 6. The summed E-state index contributed by atoms with van der Waals surface area (Å²) in [7, 11) is 2.11. The number of nitrogens with one attached hydrogen (secondary N) is 1. The minimum Gasteiger partial charge on any atom is -0.369 e. The van der Waals surface area contributed by atoms with E-state index in [4.69, 9.17) is 0 Å². The van der Waals surface area contributed by atoms with Gasteiger partial charge in [-0.2, -0.15) is 0 Å². The molecule has 0 atom stereocenters. The monoisotopic (exact) mass is 400 g/mol. The lowest BCUT2D eigenvalue weighted by Gasteiger charge is -2.35. The summed E-state index contributed by atoms with van der Waals surface area (Å²) in [4.78, 5) is 28.9. The van der Waals surface area contributed by atoms with Crippen molar-refractivity contribution in [2.24, 2.45) is 0 Å². The fourth-order valence-corrected chi connectivity index (χ4v) is 3.71. The maximum absolute atomic E-state index is 12.7. The molecule has 28 heavy (non-hydrogen) atoms. The molecule has 8 heteroatoms. The van der Waals surface area contributed by atoms with Crippen LogP contribution in [0.4, 0.5) is 11.4 Å². The minimum atomic E-state index is -0.517. The molecule has 0 saturated carbocycles. The largest absolute Gasteiger partial charge is 0.369 e. The van der Waals surface area contributed by atoms with Crippen LogP contribution in [0.1, 0.15) is 15.9 Å². The lowest BCUT2D eigenvalue weighted by Crippen LogP contribution is -2.45. The molecule has 1 saturated heterocycles. The fourth-order valence-electron chi connectivity index (χ4n) is 3.27. The van der Waals surface area contributed by atoms with Crippen molar-refractivity contribution in [3.63, 3.8) is 0 Å². The highest BCUT2D eigenvalue weighted by molar-refractivity contribution is 7.98. The number of nitrogens with zero attached hydrogens (tertiary/aromatic N) is 3. The van der Waals surface area contributed by atoms with Crippen LogP contribution in [0.5, 0.6) is 0 Å². The molecule has 0 radical (unpaired) electrons. The third-order valence-corrected chi connectivity index (χ3v) is 5.65. The smallest absolute Gasteiger partial charge is 0.282 e. The van der Waals surface area contributed by atoms with Gasteiger partial charge in [-0.3, -0.25) is 14.9 Å². The Hall–Kier alpha value is -2.58. The Bertz CT molecular complexity index is 866. The van der Waals surface area contributed by atoms with Gasteiger partial charge in [0, 0.05) is 49.4 Å². The van der Waals surface area contributed by atoms with E-state index in [-0.39, 0.29) is 11.3 Å². The zero-order chi connectivity index (χ0) is 20.1. The van der Waals surface area contributed by atoms with E-state index in [1.807, 2.05) is 24.5 Å². The van der Waals surface area contributed by atoms with Gasteiger partial charge in [0.05, 0.1) is 4.92 Å². The van der Waals surface area contributed by atoms with Crippen molar-refractivity contribution in [1.29, 1.82) is 0 Å². The van der Waals surface area contributed by atoms with Crippen molar-refractivity contribution < 1.29 is 9.72 Å². The molecule has 2 aromatic carbocycles. The van der Waals surface area contributed by atoms with Gasteiger partial charge in [0.15, 0.2) is 0 Å². The molecule has 0 aliphatic carbocycles. The topological polar surface area (TPSA) is 78.7 Å². The van der Waals surface area contributed by atoms with Crippen molar-refractivity contribution in [2.45, 2.75) is 11.4 Å². The predicted octanol–water partition coefficient (Wildman–Crippen LogP) is 3.00. The number of para-hydroxylation sites is 1. The first-order chi connectivity index (χ1) is 13.5. The normalized spacial score (nSPS) is 14.7. The van der Waals surface area contributed by atoms with Gasteiger partial charge < -0.3 is 15.1 Å². The number of carbonyl (C=O) groups is 1. The summed E-state index contributed by atoms with van der Waals surface area (Å²) in [6.07, 6.45) is 1.87. The van der Waals surface area contributed by atoms with Crippen LogP contribution in [0.15, 0.2) is 47.4 Å². The molecule has 1 heterocycles. The van der Waals surface area contributed by atoms with Gasteiger partial charge in [-0.1, -0.05) is 18.2 Å². The second-order valence-electron chi connectivity index (χ2n) is 6.74. The third-order valence-electron chi connectivity index (χ3n) is 4.92. The van der Waals surface area contributed by atoms with Crippen LogP contribution >= 0.6 is 11.8 Å². The van der Waals surface area contributed by atoms with Crippen LogP contribution < -0.4 is 10.2 Å². The van der Waals surface area contributed by atoms with Crippen molar-refractivity contribution in [2.75, 3.05) is 44.4 Å². The lowest BCUT2D eigenvalue weighted by atomic mass is 10.1. The average molecular weight is 401 g/mol. The van der Waals surface area contributed by atoms with Crippen LogP contribution in [0, 0.1) is 10.1 Å². The molecule has 7 nitrogen and oxygen atoms in total. The Morgan fingerprint density at radius 1 is 1.18 bits per heavy atom. The summed E-state index contributed by atoms with van der Waals surface area (Å²) in [5.74, 6) is -0.434. The molecule has 0 spiro atoms. The number of anilines is 1. The zero-order valence-electron chi connectivity index (χ0n) is 16.1. The van der Waals surface area contributed by atoms with Gasteiger partial charge in [-0.05, 0) is 37.1 Å². The standard InChI is InChI=1S/C20H24N4O3S/c1-22-9-11-23(12-10-22)18-6-4-3-5-15(18)14-21-20(25)17-13-16(28-2)7-8-19(17)24(26)27/h3-8,13H,9-12,14H2,1-2H3,(H,21,25). The molecule has 1 fully saturated rings. The van der Waals surface area contributed by atoms with E-state index in [1.54, 1.807) is 12.1 Å². The lowest BCUT2D eigenvalue weighted by molar-refractivity contribution is -0.385. The number of likely N-dealkylation sites (N-methyl/N-ethyl adjacent to an activating group) is 1. The number of thioether (sulfide) groups is 1. The number of hydrogen-bond donors (Lipinski definition) is 1. The first-order valence-electron chi connectivity index (χ1n) is 9.11. The van der Waals surface area contributed by atoms with Gasteiger partial charge in [0.2, 0.25) is 0 Å². The van der Waals surface area contributed by atoms with Gasteiger partial charge in [0.25, 0.3) is 11.6 Å². The molecule has 2 aromatic rings. The third kappa shape index (κ3) is 4.63. The molecule has 3 rings (SSSR count). The first-order valence-corrected chi connectivity index (χ1v) is 10.3. The Kier molecular flexibility index (Phi) is 6.53. The van der Waals surface area contributed by atoms with Crippen LogP contribution in [-0.2, 0) is 6.54 Å². The quantitative estimate of drug-likeness (QED) is 0.456. The summed E-state index contributed by atoms with van der Waals surface area (Å²) in [5.41, 5.74) is 2.02. The summed E-state index contributed by atoms with van der Waals surface area (Å²) in [6, 6.07) is 12.6. The number of hydrogen-bond acceptors (Lipinski definition) is 6. The number of amides is 1. The summed E-state index contributed by atoms with van der Waals surface area (Å²) >= 11 is 1.44. The Morgan fingerprint density at radius 3 is 2.57 bits per heavy atom. The number of nitro groups is 1. The highest BCUT2D eigenvalue weighted by Crippen LogP contribution is 2.26. The molecule has 1 aliphatic rings. The molecule has 0 bridgehead atoms. The number of benzene rings is 2. The van der Waals surface area contributed by atoms with Crippen molar-refractivity contribution in [3.8, 4) is 0 Å². The summed E-state index contributed by atoms with van der Waals surface area (Å²) in [5, 5.41) is 14.2. The fraction of sp³-hybridized carbons (Fsp3) is 0.350. The SMILES string of the molecule is CSc1ccc([N+](=O)[O-])c(C(=O)NCc2ccccc2N2CCN(C)CC2)c1. The van der Waals surface area contributed by atoms with Crippen molar-refractivity contribution in [3.05, 3.63) is 63.7 Å². The van der Waals surface area contributed by atoms with Gasteiger partial charge in [-0.25, -0.2) is 0 Å². The molecule has 0 unspecified atom stereocenters. The highest BCUT2D eigenvalue weighted by atomic mass is 32.2. The maximum atomic E-state index is 12.7. The van der Waals surface area contributed by atoms with Crippen LogP contribution in [-0.4, -0.2) is 55.2 Å². The summed E-state index contributed by atoms with van der Waals surface area (Å²) < 4.78 is 0. The molecule has 1 amide bonds. The number of nitro benzene ring substituents is 1. The van der Waals surface area contributed by atoms with Crippen molar-refractivity contribution >= 4 is 29.0 Å². The van der Waals surface area contributed by atoms with E-state index >= 15 is 0 Å². The Morgan fingerprint density at radius 2 is 1.89 bits per heavy atom. The zero-order valence-corrected chi connectivity index (χ0v) is 16.9. The van der Waals surface area contributed by atoms with Crippen molar-refractivity contribution in [1.82, 2.24) is 10.2 Å². The average Bonchev–Trinajstić information content (AvgIpc) is 2.72. The molecule has 1 N–H and O–H groups in total. The molecular formula is C20H24N4O3S. The van der Waals surface area contributed by atoms with E-state index in [2.05, 4.69) is 28.2 Å². The van der Waals surface area contributed by atoms with Gasteiger partial charge in [-0.15, -0.1) is 11.8 Å². The second-order valence-corrected chi connectivity index (χ2v) is 7.62. The Labute approximate surface area is 168 Å². The highest BCUT2D eigenvalue weighted by Gasteiger charge is 2.21. The van der Waals surface area contributed by atoms with Gasteiger partial charge in [0.1, 0.15) is 5.56 Å². The van der Waals surface area contributed by atoms with Crippen LogP contribution in [0.2, 0.25) is 0 Å². The molecule has 0 aromatic heterocycles. The predicted molar refractivity (Wildman–Crippen MR) is 112 cm³/mol. The molecule has 1 aliphatic heterocycles. The van der Waals surface area contributed by atoms with E-state index < -0.39 is 10.8 Å². The maximum Gasteiger partial charge on any atom is 0.282 e. The minimum absolute atomic E-state index is 0.0916. The van der Waals surface area contributed by atoms with E-state index in [9.17, 15) is 14.9 Å².